The SMILES string of the molecule is CCC(C)C(NC(=O)C(N)CCCCN)C(=O)NC(Cc1c[nH]c2ccccc12)C(=O)NC(Cc1ccc(O)cc1)C(=O)O. The summed E-state index contributed by atoms with van der Waals surface area (Å²) >= 11 is 0. The number of aliphatic carboxylic acids is 1. The van der Waals surface area contributed by atoms with Gasteiger partial charge in [0, 0.05) is 29.9 Å². The highest BCUT2D eigenvalue weighted by Crippen LogP contribution is 2.20. The van der Waals surface area contributed by atoms with Crippen molar-refractivity contribution < 1.29 is 29.4 Å². The van der Waals surface area contributed by atoms with Crippen LogP contribution in [0, 0.1) is 5.92 Å². The number of aromatic nitrogens is 1. The van der Waals surface area contributed by atoms with Gasteiger partial charge in [0.1, 0.15) is 23.9 Å². The lowest BCUT2D eigenvalue weighted by Gasteiger charge is -2.28. The van der Waals surface area contributed by atoms with Gasteiger partial charge in [-0.05, 0) is 54.6 Å². The second-order valence-electron chi connectivity index (χ2n) is 11.2. The summed E-state index contributed by atoms with van der Waals surface area (Å²) in [6.07, 6.45) is 4.15. The van der Waals surface area contributed by atoms with E-state index in [0.717, 1.165) is 22.9 Å². The number of fused-ring (bicyclic) bond motifs is 1. The molecule has 1 aromatic heterocycles. The first-order chi connectivity index (χ1) is 21.0. The number of nitrogens with two attached hydrogens (primary N) is 2. The van der Waals surface area contributed by atoms with Crippen LogP contribution in [0.15, 0.2) is 54.7 Å². The van der Waals surface area contributed by atoms with Crippen molar-refractivity contribution >= 4 is 34.6 Å². The normalized spacial score (nSPS) is 14.6. The van der Waals surface area contributed by atoms with Gasteiger partial charge in [-0.3, -0.25) is 14.4 Å². The maximum Gasteiger partial charge on any atom is 0.326 e. The van der Waals surface area contributed by atoms with E-state index >= 15 is 0 Å². The molecule has 0 aliphatic carbocycles. The van der Waals surface area contributed by atoms with Crippen molar-refractivity contribution in [3.05, 3.63) is 65.9 Å². The van der Waals surface area contributed by atoms with Gasteiger partial charge >= 0.3 is 5.97 Å². The molecule has 5 atom stereocenters. The van der Waals surface area contributed by atoms with Gasteiger partial charge in [0.25, 0.3) is 0 Å². The minimum atomic E-state index is -1.30. The molecule has 0 saturated heterocycles. The van der Waals surface area contributed by atoms with Gasteiger partial charge in [0.15, 0.2) is 0 Å². The lowest BCUT2D eigenvalue weighted by molar-refractivity contribution is -0.142. The Balaban J connectivity index is 1.85. The summed E-state index contributed by atoms with van der Waals surface area (Å²) in [7, 11) is 0. The van der Waals surface area contributed by atoms with Gasteiger partial charge < -0.3 is 42.6 Å². The predicted octanol–water partition coefficient (Wildman–Crippen LogP) is 1.70. The zero-order chi connectivity index (χ0) is 32.2. The van der Waals surface area contributed by atoms with Gasteiger partial charge in [-0.15, -0.1) is 0 Å². The second-order valence-corrected chi connectivity index (χ2v) is 11.2. The fourth-order valence-corrected chi connectivity index (χ4v) is 4.93. The molecule has 3 amide bonds. The molecular weight excluding hydrogens is 564 g/mol. The number of benzene rings is 2. The minimum Gasteiger partial charge on any atom is -0.508 e. The number of hydrogen-bond acceptors (Lipinski definition) is 7. The number of phenols is 1. The number of H-pyrrole nitrogens is 1. The molecule has 0 spiro atoms. The van der Waals surface area contributed by atoms with E-state index in [1.54, 1.807) is 18.3 Å². The maximum atomic E-state index is 13.7. The molecule has 12 heteroatoms. The molecule has 3 aromatic rings. The third-order valence-electron chi connectivity index (χ3n) is 7.82. The molecule has 2 aromatic carbocycles. The molecular formula is C32H44N6O6. The third kappa shape index (κ3) is 9.55. The number of aromatic amines is 1. The Hall–Kier alpha value is -4.42. The van der Waals surface area contributed by atoms with Crippen LogP contribution in [0.4, 0.5) is 0 Å². The van der Waals surface area contributed by atoms with Crippen molar-refractivity contribution in [3.63, 3.8) is 0 Å². The van der Waals surface area contributed by atoms with Crippen molar-refractivity contribution in [1.82, 2.24) is 20.9 Å². The van der Waals surface area contributed by atoms with E-state index in [2.05, 4.69) is 20.9 Å². The summed E-state index contributed by atoms with van der Waals surface area (Å²) in [4.78, 5) is 55.6. The number of amides is 3. The molecule has 44 heavy (non-hydrogen) atoms. The first-order valence-corrected chi connectivity index (χ1v) is 15.0. The Bertz CT molecular complexity index is 1410. The van der Waals surface area contributed by atoms with Crippen molar-refractivity contribution in [2.75, 3.05) is 6.54 Å². The van der Waals surface area contributed by atoms with Crippen LogP contribution in [0.3, 0.4) is 0 Å². The first kappa shape index (κ1) is 34.1. The van der Waals surface area contributed by atoms with Crippen LogP contribution in [-0.4, -0.2) is 69.6 Å². The Morgan fingerprint density at radius 1 is 0.886 bits per heavy atom. The summed E-state index contributed by atoms with van der Waals surface area (Å²) in [5, 5.41) is 28.4. The minimum absolute atomic E-state index is 0.0330. The monoisotopic (exact) mass is 608 g/mol. The molecule has 1 heterocycles. The number of carboxylic acid groups (broad SMARTS) is 1. The molecule has 0 fully saturated rings. The van der Waals surface area contributed by atoms with E-state index in [1.165, 1.54) is 12.1 Å². The molecule has 0 saturated carbocycles. The Morgan fingerprint density at radius 2 is 1.57 bits per heavy atom. The van der Waals surface area contributed by atoms with Crippen molar-refractivity contribution in [3.8, 4) is 5.75 Å². The highest BCUT2D eigenvalue weighted by Gasteiger charge is 2.33. The van der Waals surface area contributed by atoms with E-state index in [-0.39, 0.29) is 24.5 Å². The Labute approximate surface area is 257 Å². The number of para-hydroxylation sites is 1. The first-order valence-electron chi connectivity index (χ1n) is 15.0. The number of aromatic hydroxyl groups is 1. The van der Waals surface area contributed by atoms with E-state index in [9.17, 15) is 29.4 Å². The van der Waals surface area contributed by atoms with E-state index < -0.39 is 47.9 Å². The highest BCUT2D eigenvalue weighted by molar-refractivity contribution is 5.95. The number of unbranched alkanes of at least 4 members (excludes halogenated alkanes) is 1. The summed E-state index contributed by atoms with van der Waals surface area (Å²) in [6.45, 7) is 4.19. The highest BCUT2D eigenvalue weighted by atomic mass is 16.4. The third-order valence-corrected chi connectivity index (χ3v) is 7.82. The Morgan fingerprint density at radius 3 is 2.23 bits per heavy atom. The smallest absolute Gasteiger partial charge is 0.326 e. The summed E-state index contributed by atoms with van der Waals surface area (Å²) in [6, 6.07) is 9.26. The van der Waals surface area contributed by atoms with Gasteiger partial charge in [-0.2, -0.15) is 0 Å². The number of hydrogen-bond donors (Lipinski definition) is 8. The molecule has 238 valence electrons. The van der Waals surface area contributed by atoms with Gasteiger partial charge in [-0.25, -0.2) is 4.79 Å². The van der Waals surface area contributed by atoms with Crippen LogP contribution in [0.1, 0.15) is 50.7 Å². The van der Waals surface area contributed by atoms with Crippen LogP contribution in [0.2, 0.25) is 0 Å². The predicted molar refractivity (Wildman–Crippen MR) is 168 cm³/mol. The van der Waals surface area contributed by atoms with Crippen molar-refractivity contribution in [2.24, 2.45) is 17.4 Å². The van der Waals surface area contributed by atoms with Crippen LogP contribution >= 0.6 is 0 Å². The lowest BCUT2D eigenvalue weighted by Crippen LogP contribution is -2.59. The van der Waals surface area contributed by atoms with Gasteiger partial charge in [0.2, 0.25) is 17.7 Å². The molecule has 5 unspecified atom stereocenters. The van der Waals surface area contributed by atoms with E-state index in [1.807, 2.05) is 38.1 Å². The Kier molecular flexibility index (Phi) is 12.7. The van der Waals surface area contributed by atoms with E-state index in [4.69, 9.17) is 11.5 Å². The standard InChI is InChI=1S/C32H44N6O6/c1-3-19(2)28(38-29(40)24(34)9-6-7-15-33)31(42)36-26(17-21-18-35-25-10-5-4-8-23(21)25)30(41)37-27(32(43)44)16-20-11-13-22(39)14-12-20/h4-5,8,10-14,18-19,24,26-28,35,39H,3,6-7,9,15-17,33-34H2,1-2H3,(H,36,42)(H,37,41)(H,38,40)(H,43,44). The van der Waals surface area contributed by atoms with Crippen molar-refractivity contribution in [1.29, 1.82) is 0 Å². The van der Waals surface area contributed by atoms with Gasteiger partial charge in [0.05, 0.1) is 6.04 Å². The largest absolute Gasteiger partial charge is 0.508 e. The average molecular weight is 609 g/mol. The second kappa shape index (κ2) is 16.4. The molecule has 3 rings (SSSR count). The van der Waals surface area contributed by atoms with Gasteiger partial charge in [-0.1, -0.05) is 57.0 Å². The molecule has 0 aliphatic rings. The molecule has 10 N–H and O–H groups in total. The average Bonchev–Trinajstić information content (AvgIpc) is 3.42. The zero-order valence-corrected chi connectivity index (χ0v) is 25.2. The number of phenolic OH excluding ortho intramolecular Hbond substituents is 1. The zero-order valence-electron chi connectivity index (χ0n) is 25.2. The van der Waals surface area contributed by atoms with E-state index in [0.29, 0.717) is 31.4 Å². The summed E-state index contributed by atoms with van der Waals surface area (Å²) in [5.74, 6) is -3.24. The number of carboxylic acids is 1. The fourth-order valence-electron chi connectivity index (χ4n) is 4.93. The molecule has 0 bridgehead atoms. The summed E-state index contributed by atoms with van der Waals surface area (Å²) in [5.41, 5.74) is 13.8. The lowest BCUT2D eigenvalue weighted by atomic mass is 9.96. The topological polar surface area (TPSA) is 213 Å². The van der Waals surface area contributed by atoms with Crippen LogP contribution in [0.5, 0.6) is 5.75 Å². The number of carbonyl (C=O) groups is 4. The maximum absolute atomic E-state index is 13.7. The number of rotatable bonds is 17. The molecule has 12 nitrogen and oxygen atoms in total. The van der Waals surface area contributed by atoms with Crippen LogP contribution < -0.4 is 27.4 Å². The molecule has 0 aliphatic heterocycles. The summed E-state index contributed by atoms with van der Waals surface area (Å²) < 4.78 is 0. The number of carbonyl (C=O) groups excluding carboxylic acids is 3. The quantitative estimate of drug-likeness (QED) is 0.105. The fraction of sp³-hybridized carbons (Fsp3) is 0.438. The molecule has 0 radical (unpaired) electrons. The van der Waals surface area contributed by atoms with Crippen LogP contribution in [-0.2, 0) is 32.0 Å². The van der Waals surface area contributed by atoms with Crippen LogP contribution in [0.25, 0.3) is 10.9 Å². The van der Waals surface area contributed by atoms with Crippen molar-refractivity contribution in [2.45, 2.75) is 76.5 Å². The number of nitrogens with one attached hydrogen (secondary N) is 4.